The summed E-state index contributed by atoms with van der Waals surface area (Å²) in [5, 5.41) is 8.97. The maximum Gasteiger partial charge on any atom is 0.355 e. The lowest BCUT2D eigenvalue weighted by Gasteiger charge is -2.22. The summed E-state index contributed by atoms with van der Waals surface area (Å²) in [4.78, 5) is 13.8. The summed E-state index contributed by atoms with van der Waals surface area (Å²) < 4.78 is 7.96. The van der Waals surface area contributed by atoms with Gasteiger partial charge in [0, 0.05) is 22.5 Å². The summed E-state index contributed by atoms with van der Waals surface area (Å²) in [7, 11) is 0. The number of nitrogens with one attached hydrogen (secondary N) is 2. The first-order valence-electron chi connectivity index (χ1n) is 16.2. The van der Waals surface area contributed by atoms with Crippen molar-refractivity contribution in [1.82, 2.24) is 15.4 Å². The molecule has 0 radical (unpaired) electrons. The molecule has 232 valence electrons. The second-order valence-corrected chi connectivity index (χ2v) is 12.8. The zero-order valence-corrected chi connectivity index (χ0v) is 26.6. The van der Waals surface area contributed by atoms with Crippen molar-refractivity contribution in [1.29, 1.82) is 0 Å². The van der Waals surface area contributed by atoms with Crippen molar-refractivity contribution >= 4 is 45.0 Å². The monoisotopic (exact) mass is 613 g/mol. The number of ether oxygens (including phenoxy) is 1. The van der Waals surface area contributed by atoms with Crippen molar-refractivity contribution in [3.05, 3.63) is 82.0 Å². The van der Waals surface area contributed by atoms with E-state index in [0.29, 0.717) is 23.9 Å². The molecule has 1 saturated carbocycles. The van der Waals surface area contributed by atoms with Gasteiger partial charge in [0.25, 0.3) is 0 Å². The van der Waals surface area contributed by atoms with Crippen LogP contribution in [0, 0.1) is 5.92 Å². The molecule has 44 heavy (non-hydrogen) atoms. The maximum absolute atomic E-state index is 13.8. The van der Waals surface area contributed by atoms with E-state index in [-0.39, 0.29) is 17.9 Å². The quantitative estimate of drug-likeness (QED) is 0.0602. The molecule has 0 amide bonds. The highest BCUT2D eigenvalue weighted by Crippen LogP contribution is 2.41. The molecule has 6 rings (SSSR count). The number of nitrogens with zero attached hydrogens (tertiary/aromatic N) is 2. The number of hydrazone groups is 1. The molecule has 4 N–H and O–H groups in total. The highest BCUT2D eigenvalue weighted by molar-refractivity contribution is 6.33. The number of benzene rings is 3. The maximum atomic E-state index is 13.8. The van der Waals surface area contributed by atoms with Crippen LogP contribution in [0.5, 0.6) is 0 Å². The van der Waals surface area contributed by atoms with E-state index >= 15 is 0 Å². The molecule has 3 aromatic carbocycles. The number of unbranched alkanes of at least 4 members (excludes halogenated alkanes) is 1. The molecule has 2 aliphatic rings. The summed E-state index contributed by atoms with van der Waals surface area (Å²) in [5.41, 5.74) is 12.1. The van der Waals surface area contributed by atoms with Crippen molar-refractivity contribution in [2.24, 2.45) is 16.9 Å². The molecule has 7 nitrogen and oxygen atoms in total. The summed E-state index contributed by atoms with van der Waals surface area (Å²) in [6.45, 7) is 5.52. The number of aromatic nitrogens is 1. The molecule has 2 atom stereocenters. The van der Waals surface area contributed by atoms with Gasteiger partial charge in [-0.3, -0.25) is 11.3 Å². The standard InChI is InChI=1S/C36H44ClN5O2/c1-3-44-36(43)35-28(16-7-5-12-26-14-8-13-25-11-4-6-15-27(25)26)29-19-20-30(37)33(32-23(2)40-41-31(32)22-39-38)34(29)42(35)21-9-10-24-17-18-24/h4,6,8,11,13-15,19-20,23-24,32,39-40H,3,5,7,9-10,12,16-18,21-22,38H2,1-2H3. The van der Waals surface area contributed by atoms with E-state index < -0.39 is 0 Å². The van der Waals surface area contributed by atoms with Gasteiger partial charge in [0.15, 0.2) is 0 Å². The van der Waals surface area contributed by atoms with Crippen LogP contribution in [0.2, 0.25) is 5.02 Å². The molecular weight excluding hydrogens is 570 g/mol. The number of hydrogen-bond donors (Lipinski definition) is 3. The molecule has 0 bridgehead atoms. The fourth-order valence-electron chi connectivity index (χ4n) is 7.09. The van der Waals surface area contributed by atoms with E-state index in [2.05, 4.69) is 76.0 Å². The number of esters is 1. The van der Waals surface area contributed by atoms with Crippen molar-refractivity contribution in [2.45, 2.75) is 83.7 Å². The number of nitrogens with two attached hydrogens (primary N) is 1. The van der Waals surface area contributed by atoms with Gasteiger partial charge in [-0.15, -0.1) is 0 Å². The molecule has 2 unspecified atom stereocenters. The van der Waals surface area contributed by atoms with Crippen LogP contribution < -0.4 is 16.7 Å². The molecule has 8 heteroatoms. The van der Waals surface area contributed by atoms with E-state index in [1.807, 2.05) is 13.0 Å². The lowest BCUT2D eigenvalue weighted by atomic mass is 9.87. The lowest BCUT2D eigenvalue weighted by Crippen LogP contribution is -2.34. The third-order valence-electron chi connectivity index (χ3n) is 9.34. The van der Waals surface area contributed by atoms with Gasteiger partial charge in [0.2, 0.25) is 0 Å². The SMILES string of the molecule is CCOC(=O)c1c(CCCCc2cccc3ccccc23)c2ccc(Cl)c(C3C(CNN)=NNC3C)c2n1CCCC1CC1. The number of rotatable bonds is 14. The normalized spacial score (nSPS) is 18.1. The van der Waals surface area contributed by atoms with Crippen LogP contribution in [0.1, 0.15) is 85.5 Å². The van der Waals surface area contributed by atoms with Gasteiger partial charge in [-0.25, -0.2) is 4.79 Å². The van der Waals surface area contributed by atoms with Gasteiger partial charge in [-0.2, -0.15) is 5.10 Å². The Morgan fingerprint density at radius 1 is 1.07 bits per heavy atom. The number of hydrazine groups is 1. The van der Waals surface area contributed by atoms with Gasteiger partial charge in [0.1, 0.15) is 5.69 Å². The molecule has 1 aliphatic heterocycles. The molecular formula is C36H44ClN5O2. The molecule has 2 heterocycles. The molecule has 0 saturated heterocycles. The first-order valence-corrected chi connectivity index (χ1v) is 16.6. The molecule has 0 spiro atoms. The molecule has 1 aliphatic carbocycles. The number of hydrogen-bond acceptors (Lipinski definition) is 6. The first-order chi connectivity index (χ1) is 21.5. The van der Waals surface area contributed by atoms with Crippen LogP contribution in [-0.4, -0.2) is 35.4 Å². The van der Waals surface area contributed by atoms with Gasteiger partial charge in [0.05, 0.1) is 36.3 Å². The van der Waals surface area contributed by atoms with Gasteiger partial charge in [-0.05, 0) is 86.3 Å². The third kappa shape index (κ3) is 6.23. The Labute approximate surface area is 265 Å². The smallest absolute Gasteiger partial charge is 0.355 e. The first kappa shape index (κ1) is 30.6. The average Bonchev–Trinajstić information content (AvgIpc) is 3.71. The highest BCUT2D eigenvalue weighted by atomic mass is 35.5. The second kappa shape index (κ2) is 13.7. The van der Waals surface area contributed by atoms with Gasteiger partial charge >= 0.3 is 5.97 Å². The molecule has 1 aromatic heterocycles. The van der Waals surface area contributed by atoms with Crippen LogP contribution in [0.25, 0.3) is 21.7 Å². The molecule has 1 fully saturated rings. The lowest BCUT2D eigenvalue weighted by molar-refractivity contribution is 0.0512. The van der Waals surface area contributed by atoms with Crippen molar-refractivity contribution < 1.29 is 9.53 Å². The van der Waals surface area contributed by atoms with Crippen LogP contribution in [0.3, 0.4) is 0 Å². The highest BCUT2D eigenvalue weighted by Gasteiger charge is 2.35. The Balaban J connectivity index is 1.39. The Morgan fingerprint density at radius 3 is 2.66 bits per heavy atom. The van der Waals surface area contributed by atoms with E-state index in [9.17, 15) is 4.79 Å². The summed E-state index contributed by atoms with van der Waals surface area (Å²) in [6, 6.07) is 19.3. The summed E-state index contributed by atoms with van der Waals surface area (Å²) in [5.74, 6) is 6.24. The van der Waals surface area contributed by atoms with Crippen molar-refractivity contribution in [3.8, 4) is 0 Å². The topological polar surface area (TPSA) is 93.7 Å². The number of aryl methyl sites for hydroxylation is 3. The van der Waals surface area contributed by atoms with Gasteiger partial charge in [-0.1, -0.05) is 73.0 Å². The largest absolute Gasteiger partial charge is 0.461 e. The summed E-state index contributed by atoms with van der Waals surface area (Å²) >= 11 is 7.06. The molecule has 4 aromatic rings. The van der Waals surface area contributed by atoms with Crippen LogP contribution in [-0.2, 0) is 24.1 Å². The van der Waals surface area contributed by atoms with Crippen molar-refractivity contribution in [2.75, 3.05) is 13.2 Å². The Bertz CT molecular complexity index is 1670. The third-order valence-corrected chi connectivity index (χ3v) is 9.67. The summed E-state index contributed by atoms with van der Waals surface area (Å²) in [6.07, 6.45) is 8.56. The fraction of sp³-hybridized carbons (Fsp3) is 0.444. The Kier molecular flexibility index (Phi) is 9.55. The van der Waals surface area contributed by atoms with Gasteiger partial charge < -0.3 is 14.7 Å². The average molecular weight is 614 g/mol. The fourth-order valence-corrected chi connectivity index (χ4v) is 7.36. The van der Waals surface area contributed by atoms with E-state index in [1.165, 1.54) is 35.6 Å². The minimum atomic E-state index is -0.253. The Morgan fingerprint density at radius 2 is 1.86 bits per heavy atom. The van der Waals surface area contributed by atoms with E-state index in [4.69, 9.17) is 22.2 Å². The minimum absolute atomic E-state index is 0.0338. The number of carbonyl (C=O) groups excluding carboxylic acids is 1. The number of halogens is 1. The van der Waals surface area contributed by atoms with Crippen LogP contribution >= 0.6 is 11.6 Å². The second-order valence-electron chi connectivity index (χ2n) is 12.4. The van der Waals surface area contributed by atoms with E-state index in [0.717, 1.165) is 72.3 Å². The predicted molar refractivity (Wildman–Crippen MR) is 180 cm³/mol. The Hall–Kier alpha value is -3.39. The van der Waals surface area contributed by atoms with Crippen LogP contribution in [0.15, 0.2) is 59.7 Å². The zero-order valence-electron chi connectivity index (χ0n) is 25.9. The number of carbonyl (C=O) groups is 1. The zero-order chi connectivity index (χ0) is 30.6. The minimum Gasteiger partial charge on any atom is -0.461 e. The predicted octanol–water partition coefficient (Wildman–Crippen LogP) is 7.27. The van der Waals surface area contributed by atoms with E-state index in [1.54, 1.807) is 0 Å². The van der Waals surface area contributed by atoms with Crippen LogP contribution in [0.4, 0.5) is 0 Å². The van der Waals surface area contributed by atoms with Crippen molar-refractivity contribution in [3.63, 3.8) is 0 Å². The number of fused-ring (bicyclic) bond motifs is 2.